The first-order valence-corrected chi connectivity index (χ1v) is 13.9. The number of hydrogen-bond acceptors (Lipinski definition) is 7. The second-order valence-electron chi connectivity index (χ2n) is 10.2. The summed E-state index contributed by atoms with van der Waals surface area (Å²) in [6.45, 7) is 3.55. The van der Waals surface area contributed by atoms with Crippen LogP contribution in [0.25, 0.3) is 11.1 Å². The number of fused-ring (bicyclic) bond motifs is 1. The van der Waals surface area contributed by atoms with Crippen molar-refractivity contribution in [2.75, 3.05) is 40.4 Å². The van der Waals surface area contributed by atoms with Crippen molar-refractivity contribution in [3.05, 3.63) is 101 Å². The number of pyridine rings is 1. The summed E-state index contributed by atoms with van der Waals surface area (Å²) in [5.41, 5.74) is 3.32. The van der Waals surface area contributed by atoms with Crippen molar-refractivity contribution in [2.45, 2.75) is 26.2 Å². The smallest absolute Gasteiger partial charge is 0.264 e. The number of benzene rings is 3. The van der Waals surface area contributed by atoms with E-state index in [0.717, 1.165) is 24.2 Å². The van der Waals surface area contributed by atoms with Gasteiger partial charge >= 0.3 is 0 Å². The molecule has 0 saturated carbocycles. The summed E-state index contributed by atoms with van der Waals surface area (Å²) in [6.07, 6.45) is 0.784. The first-order chi connectivity index (χ1) is 20.5. The van der Waals surface area contributed by atoms with Crippen LogP contribution in [-0.4, -0.2) is 50.3 Å². The highest BCUT2D eigenvalue weighted by molar-refractivity contribution is 5.72. The topological polar surface area (TPSA) is 65.1 Å². The Hall–Kier alpha value is -4.21. The molecule has 1 aromatic heterocycles. The standard InChI is InChI=1S/C33H35F2N3O4/c1-38(2)14-13-37-20-25-8-10-27(18-30(25)42-21-23-5-4-12-36-19-23)41-22-26-6-3-7-28(32(26)33(34)35)24-9-11-29-31(17-24)40-16-15-39-29/h3-12,17-19,33,37H,13-16,20-22H2,1-2H3. The van der Waals surface area contributed by atoms with Gasteiger partial charge in [-0.15, -0.1) is 0 Å². The highest BCUT2D eigenvalue weighted by Gasteiger charge is 2.21. The Morgan fingerprint density at radius 1 is 0.905 bits per heavy atom. The Bertz CT molecular complexity index is 1470. The van der Waals surface area contributed by atoms with Crippen LogP contribution in [0.2, 0.25) is 0 Å². The lowest BCUT2D eigenvalue weighted by Crippen LogP contribution is -2.26. The van der Waals surface area contributed by atoms with Crippen LogP contribution in [0, 0.1) is 0 Å². The highest BCUT2D eigenvalue weighted by Crippen LogP contribution is 2.39. The van der Waals surface area contributed by atoms with E-state index in [1.54, 1.807) is 48.8 Å². The number of nitrogens with one attached hydrogen (secondary N) is 1. The molecule has 0 fully saturated rings. The van der Waals surface area contributed by atoms with Gasteiger partial charge in [0.15, 0.2) is 11.5 Å². The maximum atomic E-state index is 14.5. The van der Waals surface area contributed by atoms with Crippen molar-refractivity contribution in [2.24, 2.45) is 0 Å². The summed E-state index contributed by atoms with van der Waals surface area (Å²) in [4.78, 5) is 6.26. The van der Waals surface area contributed by atoms with Gasteiger partial charge in [0.25, 0.3) is 6.43 Å². The third-order valence-electron chi connectivity index (χ3n) is 6.87. The van der Waals surface area contributed by atoms with Gasteiger partial charge in [-0.1, -0.05) is 36.4 Å². The number of alkyl halides is 2. The van der Waals surface area contributed by atoms with E-state index in [2.05, 4.69) is 15.2 Å². The van der Waals surface area contributed by atoms with Gasteiger partial charge in [0.05, 0.1) is 0 Å². The Balaban J connectivity index is 1.35. The van der Waals surface area contributed by atoms with E-state index >= 15 is 0 Å². The van der Waals surface area contributed by atoms with Crippen molar-refractivity contribution >= 4 is 0 Å². The maximum Gasteiger partial charge on any atom is 0.264 e. The molecule has 220 valence electrons. The minimum Gasteiger partial charge on any atom is -0.489 e. The lowest BCUT2D eigenvalue weighted by molar-refractivity contribution is 0.148. The molecule has 0 aliphatic carbocycles. The molecule has 3 aromatic carbocycles. The molecule has 0 amide bonds. The molecule has 2 heterocycles. The van der Waals surface area contributed by atoms with Gasteiger partial charge in [-0.25, -0.2) is 8.78 Å². The van der Waals surface area contributed by atoms with Gasteiger partial charge in [-0.05, 0) is 55.1 Å². The van der Waals surface area contributed by atoms with Crippen LogP contribution in [0.4, 0.5) is 8.78 Å². The van der Waals surface area contributed by atoms with Gasteiger partial charge in [0, 0.05) is 54.8 Å². The predicted molar refractivity (Wildman–Crippen MR) is 157 cm³/mol. The van der Waals surface area contributed by atoms with Gasteiger partial charge < -0.3 is 29.2 Å². The predicted octanol–water partition coefficient (Wildman–Crippen LogP) is 6.27. The van der Waals surface area contributed by atoms with Crippen LogP contribution in [-0.2, 0) is 19.8 Å². The van der Waals surface area contributed by atoms with Crippen molar-refractivity contribution in [3.8, 4) is 34.1 Å². The maximum absolute atomic E-state index is 14.5. The molecule has 5 rings (SSSR count). The Labute approximate surface area is 245 Å². The minimum atomic E-state index is -2.69. The number of nitrogens with zero attached hydrogens (tertiary/aromatic N) is 2. The molecule has 1 N–H and O–H groups in total. The molecule has 0 atom stereocenters. The zero-order valence-corrected chi connectivity index (χ0v) is 23.8. The van der Waals surface area contributed by atoms with Crippen molar-refractivity contribution in [1.82, 2.24) is 15.2 Å². The number of likely N-dealkylation sites (N-methyl/N-ethyl adjacent to an activating group) is 1. The third kappa shape index (κ3) is 7.54. The quantitative estimate of drug-likeness (QED) is 0.189. The third-order valence-corrected chi connectivity index (χ3v) is 6.87. The molecule has 42 heavy (non-hydrogen) atoms. The number of halogens is 2. The van der Waals surface area contributed by atoms with Gasteiger partial charge in [-0.2, -0.15) is 0 Å². The SMILES string of the molecule is CN(C)CCNCc1ccc(OCc2cccc(-c3ccc4c(c3)OCCO4)c2C(F)F)cc1OCc1cccnc1. The second kappa shape index (κ2) is 14.1. The van der Waals surface area contributed by atoms with Gasteiger partial charge in [0.1, 0.15) is 37.9 Å². The number of hydrogen-bond donors (Lipinski definition) is 1. The fourth-order valence-corrected chi connectivity index (χ4v) is 4.70. The van der Waals surface area contributed by atoms with Gasteiger partial charge in [0.2, 0.25) is 0 Å². The molecule has 0 spiro atoms. The van der Waals surface area contributed by atoms with Crippen molar-refractivity contribution in [3.63, 3.8) is 0 Å². The molecule has 0 bridgehead atoms. The molecule has 0 radical (unpaired) electrons. The van der Waals surface area contributed by atoms with E-state index in [1.807, 2.05) is 44.4 Å². The lowest BCUT2D eigenvalue weighted by Gasteiger charge is -2.20. The molecule has 1 aliphatic heterocycles. The normalized spacial score (nSPS) is 12.5. The average molecular weight is 576 g/mol. The molecule has 4 aromatic rings. The molecule has 9 heteroatoms. The molecular formula is C33H35F2N3O4. The summed E-state index contributed by atoms with van der Waals surface area (Å²) >= 11 is 0. The van der Waals surface area contributed by atoms with E-state index in [9.17, 15) is 8.78 Å². The zero-order valence-electron chi connectivity index (χ0n) is 23.8. The summed E-state index contributed by atoms with van der Waals surface area (Å²) in [6, 6.07) is 19.8. The van der Waals surface area contributed by atoms with E-state index in [1.165, 1.54) is 0 Å². The van der Waals surface area contributed by atoms with Crippen molar-refractivity contribution in [1.29, 1.82) is 0 Å². The Morgan fingerprint density at radius 2 is 1.76 bits per heavy atom. The first-order valence-electron chi connectivity index (χ1n) is 13.9. The van der Waals surface area contributed by atoms with Crippen LogP contribution in [0.3, 0.4) is 0 Å². The monoisotopic (exact) mass is 575 g/mol. The first kappa shape index (κ1) is 29.3. The Kier molecular flexibility index (Phi) is 9.84. The second-order valence-corrected chi connectivity index (χ2v) is 10.2. The minimum absolute atomic E-state index is 0.0272. The number of aromatic nitrogens is 1. The summed E-state index contributed by atoms with van der Waals surface area (Å²) in [7, 11) is 4.06. The fraction of sp³-hybridized carbons (Fsp3) is 0.303. The van der Waals surface area contributed by atoms with E-state index in [4.69, 9.17) is 18.9 Å². The summed E-state index contributed by atoms with van der Waals surface area (Å²) in [5.74, 6) is 2.35. The molecule has 7 nitrogen and oxygen atoms in total. The fourth-order valence-electron chi connectivity index (χ4n) is 4.70. The van der Waals surface area contributed by atoms with Crippen LogP contribution < -0.4 is 24.3 Å². The molecule has 0 saturated heterocycles. The summed E-state index contributed by atoms with van der Waals surface area (Å²) in [5, 5.41) is 3.43. The van der Waals surface area contributed by atoms with E-state index < -0.39 is 6.43 Å². The van der Waals surface area contributed by atoms with E-state index in [-0.39, 0.29) is 12.2 Å². The Morgan fingerprint density at radius 3 is 2.55 bits per heavy atom. The van der Waals surface area contributed by atoms with Crippen LogP contribution >= 0.6 is 0 Å². The molecule has 0 unspecified atom stereocenters. The van der Waals surface area contributed by atoms with Crippen LogP contribution in [0.15, 0.2) is 79.1 Å². The van der Waals surface area contributed by atoms with Gasteiger partial charge in [-0.3, -0.25) is 4.98 Å². The van der Waals surface area contributed by atoms with E-state index in [0.29, 0.717) is 66.1 Å². The molecular weight excluding hydrogens is 540 g/mol. The zero-order chi connectivity index (χ0) is 29.3. The lowest BCUT2D eigenvalue weighted by atomic mass is 9.95. The number of rotatable bonds is 13. The average Bonchev–Trinajstić information content (AvgIpc) is 3.01. The highest BCUT2D eigenvalue weighted by atomic mass is 19.3. The van der Waals surface area contributed by atoms with Crippen LogP contribution in [0.1, 0.15) is 28.7 Å². The van der Waals surface area contributed by atoms with Crippen molar-refractivity contribution < 1.29 is 27.7 Å². The molecule has 1 aliphatic rings. The van der Waals surface area contributed by atoms with Crippen LogP contribution in [0.5, 0.6) is 23.0 Å². The summed E-state index contributed by atoms with van der Waals surface area (Å²) < 4.78 is 52.4. The largest absolute Gasteiger partial charge is 0.489 e. The number of ether oxygens (including phenoxy) is 4.